The summed E-state index contributed by atoms with van der Waals surface area (Å²) in [4.78, 5) is 4.03. The molecule has 84 valence electrons. The Morgan fingerprint density at radius 1 is 1.53 bits per heavy atom. The fraction of sp³-hybridized carbons (Fsp3) is 0.545. The van der Waals surface area contributed by atoms with Crippen LogP contribution in [0.3, 0.4) is 0 Å². The molecule has 4 nitrogen and oxygen atoms in total. The van der Waals surface area contributed by atoms with E-state index >= 15 is 0 Å². The molecule has 1 aromatic heterocycles. The minimum Gasteiger partial charge on any atom is -0.384 e. The van der Waals surface area contributed by atoms with E-state index in [1.165, 1.54) is 0 Å². The number of hydrogen-bond acceptors (Lipinski definition) is 4. The Kier molecular flexibility index (Phi) is 4.90. The molecule has 0 saturated heterocycles. The van der Waals surface area contributed by atoms with E-state index < -0.39 is 0 Å². The van der Waals surface area contributed by atoms with Gasteiger partial charge in [0.1, 0.15) is 5.82 Å². The molecule has 1 unspecified atom stereocenters. The highest BCUT2D eigenvalue weighted by Gasteiger charge is 2.06. The van der Waals surface area contributed by atoms with Gasteiger partial charge < -0.3 is 15.8 Å². The van der Waals surface area contributed by atoms with E-state index in [-0.39, 0.29) is 0 Å². The van der Waals surface area contributed by atoms with Crippen LogP contribution in [-0.4, -0.2) is 24.7 Å². The highest BCUT2D eigenvalue weighted by atomic mass is 16.5. The zero-order valence-electron chi connectivity index (χ0n) is 9.36. The maximum Gasteiger partial charge on any atom is 0.123 e. The molecule has 0 aliphatic rings. The van der Waals surface area contributed by atoms with Crippen LogP contribution < -0.4 is 11.1 Å². The molecule has 0 radical (unpaired) electrons. The van der Waals surface area contributed by atoms with Gasteiger partial charge in [0.2, 0.25) is 0 Å². The molecule has 0 aliphatic heterocycles. The molecule has 0 fully saturated rings. The average molecular weight is 209 g/mol. The summed E-state index contributed by atoms with van der Waals surface area (Å²) in [5, 5.41) is 3.36. The third kappa shape index (κ3) is 4.16. The molecule has 0 aromatic carbocycles. The van der Waals surface area contributed by atoms with E-state index in [0.29, 0.717) is 18.5 Å². The molecule has 1 atom stereocenters. The minimum absolute atomic E-state index is 0.338. The number of pyridine rings is 1. The summed E-state index contributed by atoms with van der Waals surface area (Å²) in [6, 6.07) is 4.06. The van der Waals surface area contributed by atoms with Crippen LogP contribution in [0.15, 0.2) is 18.3 Å². The van der Waals surface area contributed by atoms with Crippen LogP contribution in [0.4, 0.5) is 11.5 Å². The second-order valence-corrected chi connectivity index (χ2v) is 3.56. The predicted molar refractivity (Wildman–Crippen MR) is 62.8 cm³/mol. The molecule has 15 heavy (non-hydrogen) atoms. The topological polar surface area (TPSA) is 60.2 Å². The van der Waals surface area contributed by atoms with Crippen molar-refractivity contribution in [3.63, 3.8) is 0 Å². The summed E-state index contributed by atoms with van der Waals surface area (Å²) in [6.45, 7) is 2.86. The highest BCUT2D eigenvalue weighted by Crippen LogP contribution is 2.11. The number of anilines is 2. The number of nitrogen functional groups attached to an aromatic ring is 1. The zero-order valence-corrected chi connectivity index (χ0v) is 9.36. The molecule has 0 spiro atoms. The SMILES string of the molecule is CCCC(COC)Nc1ccc(N)nc1. The number of hydrogen-bond donors (Lipinski definition) is 2. The van der Waals surface area contributed by atoms with Gasteiger partial charge in [0, 0.05) is 13.2 Å². The van der Waals surface area contributed by atoms with Crippen LogP contribution in [0.1, 0.15) is 19.8 Å². The van der Waals surface area contributed by atoms with Gasteiger partial charge in [-0.2, -0.15) is 0 Å². The first-order valence-corrected chi connectivity index (χ1v) is 5.23. The largest absolute Gasteiger partial charge is 0.384 e. The lowest BCUT2D eigenvalue weighted by molar-refractivity contribution is 0.182. The van der Waals surface area contributed by atoms with E-state index in [0.717, 1.165) is 18.5 Å². The maximum atomic E-state index is 5.51. The van der Waals surface area contributed by atoms with E-state index in [9.17, 15) is 0 Å². The first kappa shape index (κ1) is 11.8. The van der Waals surface area contributed by atoms with Crippen molar-refractivity contribution in [2.75, 3.05) is 24.8 Å². The minimum atomic E-state index is 0.338. The lowest BCUT2D eigenvalue weighted by Gasteiger charge is -2.18. The molecule has 0 saturated carbocycles. The number of nitrogens with one attached hydrogen (secondary N) is 1. The smallest absolute Gasteiger partial charge is 0.123 e. The van der Waals surface area contributed by atoms with Crippen LogP contribution in [-0.2, 0) is 4.74 Å². The van der Waals surface area contributed by atoms with Crippen molar-refractivity contribution >= 4 is 11.5 Å². The fourth-order valence-corrected chi connectivity index (χ4v) is 1.47. The molecular weight excluding hydrogens is 190 g/mol. The molecular formula is C11H19N3O. The van der Waals surface area contributed by atoms with Crippen LogP contribution in [0.5, 0.6) is 0 Å². The van der Waals surface area contributed by atoms with Gasteiger partial charge in [0.25, 0.3) is 0 Å². The third-order valence-corrected chi connectivity index (χ3v) is 2.16. The van der Waals surface area contributed by atoms with Crippen LogP contribution in [0.2, 0.25) is 0 Å². The van der Waals surface area contributed by atoms with E-state index in [2.05, 4.69) is 17.2 Å². The average Bonchev–Trinajstić information content (AvgIpc) is 2.22. The first-order chi connectivity index (χ1) is 7.26. The predicted octanol–water partition coefficient (Wildman–Crippen LogP) is 1.89. The fourth-order valence-electron chi connectivity index (χ4n) is 1.47. The lowest BCUT2D eigenvalue weighted by Crippen LogP contribution is -2.24. The van der Waals surface area contributed by atoms with Crippen molar-refractivity contribution < 1.29 is 4.74 Å². The Balaban J connectivity index is 2.53. The first-order valence-electron chi connectivity index (χ1n) is 5.23. The lowest BCUT2D eigenvalue weighted by atomic mass is 10.2. The van der Waals surface area contributed by atoms with Gasteiger partial charge in [-0.1, -0.05) is 13.3 Å². The molecule has 0 amide bonds. The monoisotopic (exact) mass is 209 g/mol. The zero-order chi connectivity index (χ0) is 11.1. The van der Waals surface area contributed by atoms with Crippen molar-refractivity contribution in [3.05, 3.63) is 18.3 Å². The van der Waals surface area contributed by atoms with Gasteiger partial charge in [-0.05, 0) is 18.6 Å². The van der Waals surface area contributed by atoms with Crippen LogP contribution in [0, 0.1) is 0 Å². The summed E-state index contributed by atoms with van der Waals surface area (Å²) in [5.74, 6) is 0.541. The second kappa shape index (κ2) is 6.24. The maximum absolute atomic E-state index is 5.51. The quantitative estimate of drug-likeness (QED) is 0.751. The van der Waals surface area contributed by atoms with E-state index in [4.69, 9.17) is 10.5 Å². The van der Waals surface area contributed by atoms with Crippen molar-refractivity contribution in [2.24, 2.45) is 0 Å². The van der Waals surface area contributed by atoms with E-state index in [1.807, 2.05) is 6.07 Å². The Labute approximate surface area is 90.8 Å². The van der Waals surface area contributed by atoms with Crippen molar-refractivity contribution in [2.45, 2.75) is 25.8 Å². The number of aromatic nitrogens is 1. The van der Waals surface area contributed by atoms with Gasteiger partial charge in [-0.3, -0.25) is 0 Å². The highest BCUT2D eigenvalue weighted by molar-refractivity contribution is 5.45. The molecule has 1 rings (SSSR count). The Morgan fingerprint density at radius 3 is 2.87 bits per heavy atom. The van der Waals surface area contributed by atoms with Crippen LogP contribution in [0.25, 0.3) is 0 Å². The van der Waals surface area contributed by atoms with Gasteiger partial charge in [-0.15, -0.1) is 0 Å². The van der Waals surface area contributed by atoms with Crippen molar-refractivity contribution in [1.29, 1.82) is 0 Å². The van der Waals surface area contributed by atoms with Gasteiger partial charge >= 0.3 is 0 Å². The van der Waals surface area contributed by atoms with Crippen molar-refractivity contribution in [1.82, 2.24) is 4.98 Å². The van der Waals surface area contributed by atoms with Crippen molar-refractivity contribution in [3.8, 4) is 0 Å². The van der Waals surface area contributed by atoms with E-state index in [1.54, 1.807) is 19.4 Å². The number of nitrogens with two attached hydrogens (primary N) is 1. The molecule has 0 bridgehead atoms. The summed E-state index contributed by atoms with van der Waals surface area (Å²) < 4.78 is 5.14. The number of methoxy groups -OCH3 is 1. The Bertz CT molecular complexity index is 268. The number of rotatable bonds is 6. The number of nitrogens with zero attached hydrogens (tertiary/aromatic N) is 1. The molecule has 4 heteroatoms. The summed E-state index contributed by atoms with van der Waals surface area (Å²) >= 11 is 0. The molecule has 0 aliphatic carbocycles. The third-order valence-electron chi connectivity index (χ3n) is 2.16. The molecule has 3 N–H and O–H groups in total. The van der Waals surface area contributed by atoms with Crippen LogP contribution >= 0.6 is 0 Å². The Morgan fingerprint density at radius 2 is 2.33 bits per heavy atom. The standard InChI is InChI=1S/C11H19N3O/c1-3-4-10(8-15-2)14-9-5-6-11(12)13-7-9/h5-7,10,14H,3-4,8H2,1-2H3,(H2,12,13). The summed E-state index contributed by atoms with van der Waals surface area (Å²) in [7, 11) is 1.71. The van der Waals surface area contributed by atoms with Gasteiger partial charge in [0.15, 0.2) is 0 Å². The summed E-state index contributed by atoms with van der Waals surface area (Å²) in [5.41, 5.74) is 6.50. The summed E-state index contributed by atoms with van der Waals surface area (Å²) in [6.07, 6.45) is 3.95. The van der Waals surface area contributed by atoms with Gasteiger partial charge in [0.05, 0.1) is 18.5 Å². The van der Waals surface area contributed by atoms with Gasteiger partial charge in [-0.25, -0.2) is 4.98 Å². The molecule has 1 heterocycles. The normalized spacial score (nSPS) is 12.4. The second-order valence-electron chi connectivity index (χ2n) is 3.56. The Hall–Kier alpha value is -1.29. The molecule has 1 aromatic rings. The number of ether oxygens (including phenoxy) is 1.